The summed E-state index contributed by atoms with van der Waals surface area (Å²) in [6.45, 7) is 8.03. The van der Waals surface area contributed by atoms with Gasteiger partial charge in [0.1, 0.15) is 0 Å². The summed E-state index contributed by atoms with van der Waals surface area (Å²) in [5.41, 5.74) is 6.85. The van der Waals surface area contributed by atoms with Crippen molar-refractivity contribution >= 4 is 27.3 Å². The van der Waals surface area contributed by atoms with Crippen LogP contribution in [0.3, 0.4) is 0 Å². The van der Waals surface area contributed by atoms with Crippen LogP contribution in [0.4, 0.5) is 11.4 Å². The lowest BCUT2D eigenvalue weighted by Gasteiger charge is -2.23. The molecule has 0 spiro atoms. The largest absolute Gasteiger partial charge is 0.322 e. The summed E-state index contributed by atoms with van der Waals surface area (Å²) in [5, 5.41) is 2.91. The highest BCUT2D eigenvalue weighted by atomic mass is 32.2. The van der Waals surface area contributed by atoms with Gasteiger partial charge in [0, 0.05) is 11.3 Å². The number of nitrogens with zero attached hydrogens (tertiary/aromatic N) is 1. The first-order valence-corrected chi connectivity index (χ1v) is 11.9. The molecular formula is C25H28N2O3S. The molecule has 0 heterocycles. The summed E-state index contributed by atoms with van der Waals surface area (Å²) < 4.78 is 26.3. The van der Waals surface area contributed by atoms with Crippen LogP contribution in [0.5, 0.6) is 0 Å². The third-order valence-electron chi connectivity index (χ3n) is 5.35. The fraction of sp³-hybridized carbons (Fsp3) is 0.240. The average Bonchev–Trinajstić information content (AvgIpc) is 2.70. The summed E-state index contributed by atoms with van der Waals surface area (Å²) in [5.74, 6) is -0.165. The first kappa shape index (κ1) is 22.6. The lowest BCUT2D eigenvalue weighted by atomic mass is 10.0. The van der Waals surface area contributed by atoms with E-state index in [2.05, 4.69) is 5.32 Å². The van der Waals surface area contributed by atoms with E-state index in [4.69, 9.17) is 0 Å². The normalized spacial score (nSPS) is 11.3. The minimum atomic E-state index is -3.46. The Bertz CT molecular complexity index is 1220. The fourth-order valence-electron chi connectivity index (χ4n) is 3.32. The number of benzene rings is 3. The zero-order chi connectivity index (χ0) is 22.8. The van der Waals surface area contributed by atoms with Gasteiger partial charge in [0.05, 0.1) is 18.5 Å². The summed E-state index contributed by atoms with van der Waals surface area (Å²) >= 11 is 0. The van der Waals surface area contributed by atoms with Crippen molar-refractivity contribution in [1.82, 2.24) is 0 Å². The Morgan fingerprint density at radius 3 is 2.10 bits per heavy atom. The molecule has 31 heavy (non-hydrogen) atoms. The molecule has 0 fully saturated rings. The Balaban J connectivity index is 1.78. The summed E-state index contributed by atoms with van der Waals surface area (Å²) in [6.07, 6.45) is 1.21. The van der Waals surface area contributed by atoms with Gasteiger partial charge in [-0.3, -0.25) is 9.10 Å². The highest BCUT2D eigenvalue weighted by Gasteiger charge is 2.18. The zero-order valence-corrected chi connectivity index (χ0v) is 19.4. The first-order chi connectivity index (χ1) is 14.5. The smallest absolute Gasteiger partial charge is 0.255 e. The Morgan fingerprint density at radius 2 is 1.48 bits per heavy atom. The number of amides is 1. The van der Waals surface area contributed by atoms with Crippen LogP contribution in [0, 0.1) is 27.7 Å². The number of carbonyl (C=O) groups excluding carboxylic acids is 1. The lowest BCUT2D eigenvalue weighted by molar-refractivity contribution is 0.102. The molecule has 5 nitrogen and oxygen atoms in total. The van der Waals surface area contributed by atoms with Crippen molar-refractivity contribution in [3.8, 4) is 0 Å². The maximum Gasteiger partial charge on any atom is 0.255 e. The molecule has 0 unspecified atom stereocenters. The molecule has 3 aromatic rings. The maximum absolute atomic E-state index is 12.6. The van der Waals surface area contributed by atoms with Crippen LogP contribution in [0.15, 0.2) is 60.7 Å². The van der Waals surface area contributed by atoms with Crippen LogP contribution >= 0.6 is 0 Å². The first-order valence-electron chi connectivity index (χ1n) is 10.1. The van der Waals surface area contributed by atoms with Crippen molar-refractivity contribution in [2.24, 2.45) is 0 Å². The van der Waals surface area contributed by atoms with Crippen molar-refractivity contribution in [3.63, 3.8) is 0 Å². The second-order valence-corrected chi connectivity index (χ2v) is 9.91. The van der Waals surface area contributed by atoms with E-state index in [0.29, 0.717) is 16.9 Å². The zero-order valence-electron chi connectivity index (χ0n) is 18.6. The van der Waals surface area contributed by atoms with E-state index < -0.39 is 10.0 Å². The Kier molecular flexibility index (Phi) is 6.51. The number of nitrogens with one attached hydrogen (secondary N) is 1. The van der Waals surface area contributed by atoms with Gasteiger partial charge in [-0.05, 0) is 80.3 Å². The van der Waals surface area contributed by atoms with Crippen LogP contribution in [0.2, 0.25) is 0 Å². The van der Waals surface area contributed by atoms with Crippen LogP contribution in [0.1, 0.15) is 38.2 Å². The van der Waals surface area contributed by atoms with Crippen LogP contribution in [-0.4, -0.2) is 20.6 Å². The molecule has 3 rings (SSSR count). The van der Waals surface area contributed by atoms with Crippen LogP contribution in [0.25, 0.3) is 0 Å². The molecule has 0 saturated carbocycles. The van der Waals surface area contributed by atoms with Crippen molar-refractivity contribution in [1.29, 1.82) is 0 Å². The molecular weight excluding hydrogens is 408 g/mol. The fourth-order valence-corrected chi connectivity index (χ4v) is 4.20. The van der Waals surface area contributed by atoms with Gasteiger partial charge in [0.2, 0.25) is 10.0 Å². The van der Waals surface area contributed by atoms with Crippen LogP contribution < -0.4 is 9.62 Å². The van der Waals surface area contributed by atoms with E-state index >= 15 is 0 Å². The monoisotopic (exact) mass is 436 g/mol. The Hall–Kier alpha value is -3.12. The molecule has 1 N–H and O–H groups in total. The van der Waals surface area contributed by atoms with Crippen molar-refractivity contribution in [2.45, 2.75) is 34.2 Å². The number of hydrogen-bond acceptors (Lipinski definition) is 3. The SMILES string of the molecule is Cc1ccc(C)c(C(=O)Nc2ccc(CN(c3ccc(C)c(C)c3)S(C)(=O)=O)cc2)c1. The predicted molar refractivity (Wildman–Crippen MR) is 127 cm³/mol. The van der Waals surface area contributed by atoms with Gasteiger partial charge in [0.25, 0.3) is 5.91 Å². The van der Waals surface area contributed by atoms with Gasteiger partial charge in [-0.1, -0.05) is 35.9 Å². The van der Waals surface area contributed by atoms with E-state index in [9.17, 15) is 13.2 Å². The number of anilines is 2. The topological polar surface area (TPSA) is 66.5 Å². The third kappa shape index (κ3) is 5.52. The summed E-state index contributed by atoms with van der Waals surface area (Å²) in [6, 6.07) is 18.6. The Morgan fingerprint density at radius 1 is 0.839 bits per heavy atom. The van der Waals surface area contributed by atoms with Gasteiger partial charge in [-0.15, -0.1) is 0 Å². The van der Waals surface area contributed by atoms with E-state index in [1.807, 2.05) is 76.2 Å². The minimum Gasteiger partial charge on any atom is -0.322 e. The third-order valence-corrected chi connectivity index (χ3v) is 6.50. The lowest BCUT2D eigenvalue weighted by Crippen LogP contribution is -2.29. The second-order valence-electron chi connectivity index (χ2n) is 8.01. The number of sulfonamides is 1. The number of carbonyl (C=O) groups is 1. The van der Waals surface area contributed by atoms with E-state index in [0.717, 1.165) is 27.8 Å². The maximum atomic E-state index is 12.6. The van der Waals surface area contributed by atoms with E-state index in [-0.39, 0.29) is 12.5 Å². The highest BCUT2D eigenvalue weighted by Crippen LogP contribution is 2.24. The molecule has 0 aliphatic carbocycles. The standard InChI is InChI=1S/C25H28N2O3S/c1-17-6-7-19(3)24(14-17)25(28)26-22-11-9-21(10-12-22)16-27(31(5,29)30)23-13-8-18(2)20(4)15-23/h6-15H,16H2,1-5H3,(H,26,28). The van der Waals surface area contributed by atoms with Crippen molar-refractivity contribution < 1.29 is 13.2 Å². The molecule has 3 aromatic carbocycles. The second kappa shape index (κ2) is 8.94. The van der Waals surface area contributed by atoms with Gasteiger partial charge in [-0.25, -0.2) is 8.42 Å². The number of hydrogen-bond donors (Lipinski definition) is 1. The van der Waals surface area contributed by atoms with E-state index in [1.165, 1.54) is 10.6 Å². The molecule has 1 amide bonds. The number of aryl methyl sites for hydroxylation is 4. The van der Waals surface area contributed by atoms with Crippen molar-refractivity contribution in [3.05, 3.63) is 94.0 Å². The molecule has 0 aliphatic heterocycles. The molecule has 0 aromatic heterocycles. The predicted octanol–water partition coefficient (Wildman–Crippen LogP) is 5.14. The van der Waals surface area contributed by atoms with Crippen LogP contribution in [-0.2, 0) is 16.6 Å². The molecule has 0 bridgehead atoms. The van der Waals surface area contributed by atoms with Crippen molar-refractivity contribution in [2.75, 3.05) is 15.9 Å². The number of rotatable bonds is 6. The van der Waals surface area contributed by atoms with Gasteiger partial charge in [0.15, 0.2) is 0 Å². The minimum absolute atomic E-state index is 0.165. The Labute approximate surface area is 184 Å². The van der Waals surface area contributed by atoms with Gasteiger partial charge in [-0.2, -0.15) is 0 Å². The molecule has 162 valence electrons. The quantitative estimate of drug-likeness (QED) is 0.582. The molecule has 0 saturated heterocycles. The van der Waals surface area contributed by atoms with E-state index in [1.54, 1.807) is 12.1 Å². The average molecular weight is 437 g/mol. The summed E-state index contributed by atoms with van der Waals surface area (Å²) in [4.78, 5) is 12.6. The molecule has 6 heteroatoms. The van der Waals surface area contributed by atoms with Gasteiger partial charge < -0.3 is 5.32 Å². The molecule has 0 radical (unpaired) electrons. The van der Waals surface area contributed by atoms with Gasteiger partial charge >= 0.3 is 0 Å². The molecule has 0 aliphatic rings. The highest BCUT2D eigenvalue weighted by molar-refractivity contribution is 7.92. The summed E-state index contributed by atoms with van der Waals surface area (Å²) in [7, 11) is -3.46. The molecule has 0 atom stereocenters.